The number of nitrogens with one attached hydrogen (secondary N) is 1. The van der Waals surface area contributed by atoms with Crippen LogP contribution in [0.3, 0.4) is 0 Å². The van der Waals surface area contributed by atoms with E-state index in [0.29, 0.717) is 78.3 Å². The molecule has 0 bridgehead atoms. The number of amides is 4. The normalized spacial score (nSPS) is 18.8. The van der Waals surface area contributed by atoms with Gasteiger partial charge in [-0.3, -0.25) is 24.2 Å². The number of carbonyl (C=O) groups is 4. The van der Waals surface area contributed by atoms with Gasteiger partial charge in [0.2, 0.25) is 17.7 Å². The second-order valence-electron chi connectivity index (χ2n) is 26.0. The van der Waals surface area contributed by atoms with E-state index in [0.717, 1.165) is 150 Å². The predicted molar refractivity (Wildman–Crippen MR) is 354 cm³/mol. The van der Waals surface area contributed by atoms with Crippen molar-refractivity contribution in [3.05, 3.63) is 107 Å². The number of thiazole rings is 1. The Labute approximate surface area is 538 Å². The van der Waals surface area contributed by atoms with Gasteiger partial charge >= 0.3 is 12.1 Å². The Morgan fingerprint density at radius 3 is 2.30 bits per heavy atom. The van der Waals surface area contributed by atoms with E-state index in [1.165, 1.54) is 11.0 Å². The zero-order valence-electron chi connectivity index (χ0n) is 53.8. The first-order valence-corrected chi connectivity index (χ1v) is 33.6. The number of ether oxygens (including phenoxy) is 5. The van der Waals surface area contributed by atoms with Gasteiger partial charge < -0.3 is 53.7 Å². The van der Waals surface area contributed by atoms with Crippen molar-refractivity contribution >= 4 is 68.2 Å². The molecule has 486 valence electrons. The molecule has 4 amide bonds. The smallest absolute Gasteiger partial charge is 0.410 e. The maximum Gasteiger partial charge on any atom is 0.410 e. The molecule has 3 unspecified atom stereocenters. The van der Waals surface area contributed by atoms with Crippen LogP contribution in [0, 0.1) is 5.92 Å². The van der Waals surface area contributed by atoms with Gasteiger partial charge in [0.25, 0.3) is 0 Å². The van der Waals surface area contributed by atoms with E-state index in [1.54, 1.807) is 52.1 Å². The molecule has 20 nitrogen and oxygen atoms in total. The lowest BCUT2D eigenvalue weighted by Gasteiger charge is -2.38. The monoisotopic (exact) mass is 1260 g/mol. The van der Waals surface area contributed by atoms with E-state index >= 15 is 0 Å². The summed E-state index contributed by atoms with van der Waals surface area (Å²) in [6.45, 7) is 21.3. The minimum Gasteiger partial charge on any atom is -0.508 e. The third-order valence-corrected chi connectivity index (χ3v) is 19.5. The van der Waals surface area contributed by atoms with Crippen LogP contribution in [0.25, 0.3) is 32.8 Å². The van der Waals surface area contributed by atoms with Crippen molar-refractivity contribution in [3.63, 3.8) is 0 Å². The molecule has 4 aromatic carbocycles. The number of likely N-dealkylation sites (N-methyl/N-ethyl adjacent to an activating group) is 1. The quantitative estimate of drug-likeness (QED) is 0.0479. The highest BCUT2D eigenvalue weighted by Gasteiger charge is 2.41. The molecule has 4 fully saturated rings. The lowest BCUT2D eigenvalue weighted by atomic mass is 9.83. The molecule has 3 saturated heterocycles. The highest BCUT2D eigenvalue weighted by atomic mass is 32.1. The Morgan fingerprint density at radius 1 is 0.802 bits per heavy atom. The summed E-state index contributed by atoms with van der Waals surface area (Å²) in [5.74, 6) is 1.33. The Balaban J connectivity index is 0.638. The number of piperazine rings is 1. The van der Waals surface area contributed by atoms with Crippen molar-refractivity contribution in [2.45, 2.75) is 141 Å². The molecule has 4 atom stereocenters. The molecule has 5 aliphatic rings. The highest BCUT2D eigenvalue weighted by molar-refractivity contribution is 7.10. The van der Waals surface area contributed by atoms with Crippen LogP contribution in [0.4, 0.5) is 16.3 Å². The number of fused-ring (bicyclic) bond motifs is 3. The summed E-state index contributed by atoms with van der Waals surface area (Å²) in [5.41, 5.74) is 4.07. The van der Waals surface area contributed by atoms with E-state index in [4.69, 9.17) is 38.6 Å². The number of likely N-dealkylation sites (tertiary alicyclic amines) is 2. The lowest BCUT2D eigenvalue weighted by molar-refractivity contribution is -0.140. The van der Waals surface area contributed by atoms with Crippen LogP contribution in [-0.2, 0) is 41.6 Å². The number of anilines is 2. The van der Waals surface area contributed by atoms with E-state index in [9.17, 15) is 24.3 Å². The number of hydrogen-bond donors (Lipinski definition) is 2. The molecule has 2 N–H and O–H groups in total. The van der Waals surface area contributed by atoms with Gasteiger partial charge in [0, 0.05) is 105 Å². The van der Waals surface area contributed by atoms with Gasteiger partial charge in [-0.1, -0.05) is 74.4 Å². The van der Waals surface area contributed by atoms with Crippen molar-refractivity contribution in [3.8, 4) is 28.8 Å². The van der Waals surface area contributed by atoms with Crippen molar-refractivity contribution in [1.82, 2.24) is 39.9 Å². The van der Waals surface area contributed by atoms with Gasteiger partial charge in [0.15, 0.2) is 0 Å². The Morgan fingerprint density at radius 2 is 1.54 bits per heavy atom. The molecule has 1 aliphatic carbocycles. The van der Waals surface area contributed by atoms with Crippen LogP contribution in [0.15, 0.2) is 90.8 Å². The first-order valence-electron chi connectivity index (χ1n) is 32.8. The van der Waals surface area contributed by atoms with Gasteiger partial charge in [-0.15, -0.1) is 11.3 Å². The number of phenolic OH excluding ortho intramolecular Hbond substituents is 1. The number of phenols is 1. The van der Waals surface area contributed by atoms with Crippen LogP contribution >= 0.6 is 11.3 Å². The summed E-state index contributed by atoms with van der Waals surface area (Å²) >= 11 is 1.56. The number of benzene rings is 4. The van der Waals surface area contributed by atoms with E-state index in [-0.39, 0.29) is 47.6 Å². The lowest BCUT2D eigenvalue weighted by Crippen LogP contribution is -2.56. The number of carbonyl (C=O) groups excluding carboxylic acids is 4. The second kappa shape index (κ2) is 29.4. The fraction of sp³-hybridized carbons (Fsp3) is 0.529. The molecule has 1 saturated carbocycles. The van der Waals surface area contributed by atoms with E-state index in [1.807, 2.05) is 52.3 Å². The fourth-order valence-electron chi connectivity index (χ4n) is 13.6. The third-order valence-electron chi connectivity index (χ3n) is 18.5. The summed E-state index contributed by atoms with van der Waals surface area (Å²) in [4.78, 5) is 81.3. The zero-order chi connectivity index (χ0) is 63.8. The van der Waals surface area contributed by atoms with Gasteiger partial charge in [-0.25, -0.2) is 9.78 Å². The number of nitrogens with zero attached hydrogens (tertiary/aromatic N) is 9. The van der Waals surface area contributed by atoms with Gasteiger partial charge in [-0.2, -0.15) is 9.97 Å². The number of piperidine rings is 1. The number of aromatic nitrogens is 3. The topological polar surface area (TPSA) is 205 Å². The largest absolute Gasteiger partial charge is 0.508 e. The summed E-state index contributed by atoms with van der Waals surface area (Å²) in [7, 11) is 1.55. The molecule has 91 heavy (non-hydrogen) atoms. The average Bonchev–Trinajstić information content (AvgIpc) is 1.76. The van der Waals surface area contributed by atoms with Crippen molar-refractivity contribution < 1.29 is 48.0 Å². The molecule has 11 rings (SSSR count). The second-order valence-corrected chi connectivity index (χ2v) is 26.8. The number of hydrogen-bond acceptors (Lipinski definition) is 17. The van der Waals surface area contributed by atoms with Crippen molar-refractivity contribution in [1.29, 1.82) is 0 Å². The third kappa shape index (κ3) is 15.7. The molecule has 4 aliphatic heterocycles. The van der Waals surface area contributed by atoms with Crippen LogP contribution in [0.1, 0.15) is 115 Å². The van der Waals surface area contributed by atoms with Gasteiger partial charge in [-0.05, 0) is 121 Å². The Bertz CT molecular complexity index is 3540. The van der Waals surface area contributed by atoms with Crippen LogP contribution in [-0.4, -0.2) is 186 Å². The molecule has 2 aromatic heterocycles. The van der Waals surface area contributed by atoms with Crippen molar-refractivity contribution in [2.75, 3.05) is 102 Å². The fourth-order valence-corrected chi connectivity index (χ4v) is 14.5. The standard InChI is InChI=1S/C70H90N10O10S/c1-8-62(82)77-33-35-78(36-34-77)64-56-28-32-79(60-42-50(81)41-49-19-12-13-20-52(49)60)44-57(56)72-68(74-64)89-46(2)43-76-30-26-51(27-31-76)87-39-37-86-38-40-88-61-25-24-54(53-21-14-15-22-55(53)61)58-45-91-66(71-58)59-23-16-29-80(59)67(84)63(48-17-10-9-11-18-48)73-65(83)47(3)75(7)69(85)90-70(4,5)6/h8,12-15,19-22,24-25,41-42,45-48,51,59,63,81H,1,9-11,16-18,23,26-40,43-44H2,2-7H3,(H,73,83)/t46?,47?,59-,63?/m0/s1. The van der Waals surface area contributed by atoms with E-state index in [2.05, 4.69) is 63.2 Å². The maximum absolute atomic E-state index is 14.7. The SMILES string of the molecule is C=CC(=O)N1CCN(c2nc(OC(C)CN3CCC(OCCOCCOc4ccc(-c5csc([C@@H]6CCCN6C(=O)C(NC(=O)C(C)N(C)C(=O)OC(C)(C)C)C6CCCCC6)n5)c5ccccc45)CC3)nc3c2CCN(c2cc(O)cc4ccccc24)C3)CC1. The van der Waals surface area contributed by atoms with Gasteiger partial charge in [0.05, 0.1) is 49.9 Å². The summed E-state index contributed by atoms with van der Waals surface area (Å²) in [6, 6.07) is 22.6. The molecule has 6 heterocycles. The van der Waals surface area contributed by atoms with Crippen molar-refractivity contribution in [2.24, 2.45) is 5.92 Å². The molecular weight excluding hydrogens is 1170 g/mol. The molecule has 6 aromatic rings. The minimum atomic E-state index is -0.836. The minimum absolute atomic E-state index is 0.00393. The van der Waals surface area contributed by atoms with Crippen LogP contribution in [0.5, 0.6) is 17.5 Å². The molecule has 0 radical (unpaired) electrons. The van der Waals surface area contributed by atoms with Gasteiger partial charge in [0.1, 0.15) is 52.7 Å². The van der Waals surface area contributed by atoms with E-state index < -0.39 is 23.8 Å². The highest BCUT2D eigenvalue weighted by Crippen LogP contribution is 2.41. The summed E-state index contributed by atoms with van der Waals surface area (Å²) in [5, 5.41) is 20.8. The summed E-state index contributed by atoms with van der Waals surface area (Å²) in [6.07, 6.45) is 9.72. The first-order chi connectivity index (χ1) is 44.0. The maximum atomic E-state index is 14.7. The van der Waals surface area contributed by atoms with Crippen LogP contribution < -0.4 is 24.6 Å². The first kappa shape index (κ1) is 64.9. The van der Waals surface area contributed by atoms with Crippen LogP contribution in [0.2, 0.25) is 0 Å². The average molecular weight is 1260 g/mol. The Hall–Kier alpha value is -7.59. The number of rotatable bonds is 22. The Kier molecular flexibility index (Phi) is 20.9. The molecule has 21 heteroatoms. The molecule has 0 spiro atoms. The molecular formula is C70H90N10O10S. The number of aromatic hydroxyl groups is 1. The predicted octanol–water partition coefficient (Wildman–Crippen LogP) is 10.3. The zero-order valence-corrected chi connectivity index (χ0v) is 54.6. The summed E-state index contributed by atoms with van der Waals surface area (Å²) < 4.78 is 30.8.